The number of fused-ring (bicyclic) bond motifs is 14. The Kier molecular flexibility index (Phi) is 9.42. The second-order valence-corrected chi connectivity index (χ2v) is 20.6. The van der Waals surface area contributed by atoms with Crippen LogP contribution in [0.2, 0.25) is 0 Å². The van der Waals surface area contributed by atoms with Crippen LogP contribution in [-0.2, 0) is 5.41 Å². The predicted molar refractivity (Wildman–Crippen MR) is 310 cm³/mol. The van der Waals surface area contributed by atoms with Crippen LogP contribution in [0.5, 0.6) is 0 Å². The molecule has 0 bridgehead atoms. The molecule has 0 saturated heterocycles. The van der Waals surface area contributed by atoms with E-state index in [2.05, 4.69) is 278 Å². The summed E-state index contributed by atoms with van der Waals surface area (Å²) in [5.41, 5.74) is 22.8. The summed E-state index contributed by atoms with van der Waals surface area (Å²) in [5.74, 6) is 0. The Hall–Kier alpha value is -9.08. The topological polar surface area (TPSA) is 3.24 Å². The van der Waals surface area contributed by atoms with E-state index >= 15 is 0 Å². The Morgan fingerprint density at radius 1 is 0.274 bits per heavy atom. The van der Waals surface area contributed by atoms with E-state index in [9.17, 15) is 0 Å². The third-order valence-corrected chi connectivity index (χ3v) is 16.8. The van der Waals surface area contributed by atoms with E-state index in [1.54, 1.807) is 0 Å². The van der Waals surface area contributed by atoms with Crippen molar-refractivity contribution in [1.29, 1.82) is 0 Å². The maximum atomic E-state index is 2.53. The standard InChI is InChI=1S/C71H45NS/c1-3-18-46(19-4-1)51-42-52(47-20-5-2-6-21-47)44-54(43-51)72(66-32-17-31-65-70(66)61-27-11-15-30-64(61)71(65)62-28-13-9-24-57(62)58-25-10-14-29-63(58)71)53-38-34-49(35-39-53)56-40-36-48-22-7-8-23-55(48)69(56)50-37-41-60-59-26-12-16-33-67(59)73-68(60)45-50/h1-45H. The predicted octanol–water partition coefficient (Wildman–Crippen LogP) is 19.7. The van der Waals surface area contributed by atoms with Gasteiger partial charge in [0.25, 0.3) is 0 Å². The molecule has 0 saturated carbocycles. The lowest BCUT2D eigenvalue weighted by molar-refractivity contribution is 0.794. The average molecular weight is 944 g/mol. The van der Waals surface area contributed by atoms with Crippen LogP contribution in [0.3, 0.4) is 0 Å². The van der Waals surface area contributed by atoms with Gasteiger partial charge in [0.1, 0.15) is 0 Å². The van der Waals surface area contributed by atoms with Gasteiger partial charge in [0.15, 0.2) is 0 Å². The molecule has 2 heteroatoms. The summed E-state index contributed by atoms with van der Waals surface area (Å²) >= 11 is 1.88. The monoisotopic (exact) mass is 943 g/mol. The average Bonchev–Trinajstić information content (AvgIpc) is 4.10. The first-order valence-corrected chi connectivity index (χ1v) is 26.0. The first-order chi connectivity index (χ1) is 36.2. The summed E-state index contributed by atoms with van der Waals surface area (Å²) in [5, 5.41) is 5.11. The fourth-order valence-electron chi connectivity index (χ4n) is 12.6. The van der Waals surface area contributed by atoms with E-state index in [0.717, 1.165) is 28.2 Å². The molecule has 0 unspecified atom stereocenters. The number of hydrogen-bond acceptors (Lipinski definition) is 2. The molecule has 0 amide bonds. The van der Waals surface area contributed by atoms with E-state index < -0.39 is 5.41 Å². The largest absolute Gasteiger partial charge is 0.310 e. The molecule has 15 rings (SSSR count). The third-order valence-electron chi connectivity index (χ3n) is 15.7. The molecule has 0 N–H and O–H groups in total. The van der Waals surface area contributed by atoms with Crippen molar-refractivity contribution in [2.24, 2.45) is 0 Å². The highest BCUT2D eigenvalue weighted by Gasteiger charge is 2.52. The molecule has 1 nitrogen and oxygen atoms in total. The van der Waals surface area contributed by atoms with E-state index in [4.69, 9.17) is 0 Å². The minimum atomic E-state index is -0.475. The van der Waals surface area contributed by atoms with Gasteiger partial charge >= 0.3 is 0 Å². The maximum absolute atomic E-state index is 2.53. The lowest BCUT2D eigenvalue weighted by Gasteiger charge is -2.32. The van der Waals surface area contributed by atoms with Gasteiger partial charge in [0, 0.05) is 37.1 Å². The van der Waals surface area contributed by atoms with E-state index in [1.165, 1.54) is 109 Å². The van der Waals surface area contributed by atoms with Gasteiger partial charge < -0.3 is 4.90 Å². The quantitative estimate of drug-likeness (QED) is 0.154. The van der Waals surface area contributed by atoms with Crippen LogP contribution in [0, 0.1) is 0 Å². The smallest absolute Gasteiger partial charge is 0.0726 e. The van der Waals surface area contributed by atoms with Crippen molar-refractivity contribution in [3.05, 3.63) is 295 Å². The van der Waals surface area contributed by atoms with Gasteiger partial charge in [0.2, 0.25) is 0 Å². The van der Waals surface area contributed by atoms with Gasteiger partial charge in [-0.2, -0.15) is 0 Å². The molecule has 2 aliphatic rings. The SMILES string of the molecule is c1ccc(-c2cc(-c3ccccc3)cc(N(c3ccc(-c4ccc5ccccc5c4-c4ccc5c(c4)sc4ccccc45)cc3)c3cccc4c3-c3ccccc3C43c4ccccc4-c4ccccc43)c2)cc1. The molecule has 1 spiro atoms. The number of benzene rings is 12. The van der Waals surface area contributed by atoms with Crippen LogP contribution in [0.25, 0.3) is 97.7 Å². The van der Waals surface area contributed by atoms with Gasteiger partial charge in [-0.05, 0) is 143 Å². The van der Waals surface area contributed by atoms with Gasteiger partial charge in [-0.3, -0.25) is 0 Å². The molecular formula is C71H45NS. The van der Waals surface area contributed by atoms with Crippen molar-refractivity contribution in [2.75, 3.05) is 4.90 Å². The number of hydrogen-bond donors (Lipinski definition) is 0. The Morgan fingerprint density at radius 2 is 0.822 bits per heavy atom. The van der Waals surface area contributed by atoms with Crippen LogP contribution in [-0.4, -0.2) is 0 Å². The molecule has 0 fully saturated rings. The number of thiophene rings is 1. The van der Waals surface area contributed by atoms with Gasteiger partial charge in [-0.15, -0.1) is 11.3 Å². The number of rotatable bonds is 7. The molecule has 0 radical (unpaired) electrons. The lowest BCUT2D eigenvalue weighted by Crippen LogP contribution is -2.26. The highest BCUT2D eigenvalue weighted by molar-refractivity contribution is 7.25. The molecule has 1 aromatic heterocycles. The second-order valence-electron chi connectivity index (χ2n) is 19.5. The number of nitrogens with zero attached hydrogens (tertiary/aromatic N) is 1. The van der Waals surface area contributed by atoms with Crippen LogP contribution < -0.4 is 4.90 Å². The van der Waals surface area contributed by atoms with Gasteiger partial charge in [-0.1, -0.05) is 224 Å². The fourth-order valence-corrected chi connectivity index (χ4v) is 13.7. The van der Waals surface area contributed by atoms with Crippen molar-refractivity contribution >= 4 is 59.3 Å². The summed E-state index contributed by atoms with van der Waals surface area (Å²) < 4.78 is 2.62. The zero-order chi connectivity index (χ0) is 48.0. The van der Waals surface area contributed by atoms with Crippen LogP contribution in [0.4, 0.5) is 17.1 Å². The van der Waals surface area contributed by atoms with Gasteiger partial charge in [0.05, 0.1) is 11.1 Å². The number of anilines is 3. The first-order valence-electron chi connectivity index (χ1n) is 25.2. The zero-order valence-electron chi connectivity index (χ0n) is 39.8. The first kappa shape index (κ1) is 41.7. The third kappa shape index (κ3) is 6.34. The van der Waals surface area contributed by atoms with Crippen molar-refractivity contribution < 1.29 is 0 Å². The van der Waals surface area contributed by atoms with Gasteiger partial charge in [-0.25, -0.2) is 0 Å². The van der Waals surface area contributed by atoms with E-state index in [0.29, 0.717) is 0 Å². The Morgan fingerprint density at radius 3 is 1.52 bits per heavy atom. The van der Waals surface area contributed by atoms with Crippen LogP contribution in [0.1, 0.15) is 22.3 Å². The molecule has 2 aliphatic carbocycles. The molecule has 12 aromatic carbocycles. The molecule has 340 valence electrons. The van der Waals surface area contributed by atoms with Crippen molar-refractivity contribution in [3.63, 3.8) is 0 Å². The summed E-state index contributed by atoms with van der Waals surface area (Å²) in [6.07, 6.45) is 0. The summed E-state index contributed by atoms with van der Waals surface area (Å²) in [7, 11) is 0. The second kappa shape index (κ2) is 16.5. The van der Waals surface area contributed by atoms with Crippen molar-refractivity contribution in [2.45, 2.75) is 5.41 Å². The minimum absolute atomic E-state index is 0.475. The highest BCUT2D eigenvalue weighted by Crippen LogP contribution is 2.65. The normalized spacial score (nSPS) is 12.8. The van der Waals surface area contributed by atoms with E-state index in [-0.39, 0.29) is 0 Å². The molecule has 0 aliphatic heterocycles. The van der Waals surface area contributed by atoms with E-state index in [1.807, 2.05) is 11.3 Å². The Labute approximate surface area is 429 Å². The molecule has 1 heterocycles. The maximum Gasteiger partial charge on any atom is 0.0726 e. The summed E-state index contributed by atoms with van der Waals surface area (Å²) in [6, 6.07) is 102. The Balaban J connectivity index is 0.967. The summed E-state index contributed by atoms with van der Waals surface area (Å²) in [6.45, 7) is 0. The van der Waals surface area contributed by atoms with Crippen LogP contribution in [0.15, 0.2) is 273 Å². The fraction of sp³-hybridized carbons (Fsp3) is 0.0141. The molecule has 13 aromatic rings. The summed E-state index contributed by atoms with van der Waals surface area (Å²) in [4.78, 5) is 2.53. The lowest BCUT2D eigenvalue weighted by atomic mass is 9.70. The highest BCUT2D eigenvalue weighted by atomic mass is 32.1. The molecular weight excluding hydrogens is 899 g/mol. The van der Waals surface area contributed by atoms with Crippen LogP contribution >= 0.6 is 11.3 Å². The van der Waals surface area contributed by atoms with Crippen molar-refractivity contribution in [3.8, 4) is 66.8 Å². The van der Waals surface area contributed by atoms with Crippen molar-refractivity contribution in [1.82, 2.24) is 0 Å². The Bertz CT molecular complexity index is 4210. The zero-order valence-corrected chi connectivity index (χ0v) is 40.7. The minimum Gasteiger partial charge on any atom is -0.310 e. The molecule has 73 heavy (non-hydrogen) atoms. The molecule has 0 atom stereocenters.